The molecule has 0 unspecified atom stereocenters. The summed E-state index contributed by atoms with van der Waals surface area (Å²) in [4.78, 5) is 28.4. The van der Waals surface area contributed by atoms with E-state index in [0.29, 0.717) is 0 Å². The van der Waals surface area contributed by atoms with Crippen LogP contribution in [-0.2, 0) is 4.79 Å². The largest absolute Gasteiger partial charge is 0.451 e. The van der Waals surface area contributed by atoms with Gasteiger partial charge in [0.15, 0.2) is 0 Å². The van der Waals surface area contributed by atoms with Gasteiger partial charge in [-0.1, -0.05) is 0 Å². The molecule has 12 heavy (non-hydrogen) atoms. The summed E-state index contributed by atoms with van der Waals surface area (Å²) in [5.74, 6) is -0.288. The molecule has 0 amide bonds. The summed E-state index contributed by atoms with van der Waals surface area (Å²) in [7, 11) is 0. The summed E-state index contributed by atoms with van der Waals surface area (Å²) in [6, 6.07) is 0. The zero-order valence-corrected chi connectivity index (χ0v) is 6.43. The zero-order valence-electron chi connectivity index (χ0n) is 6.43. The fourth-order valence-corrected chi connectivity index (χ4v) is 0.620. The lowest BCUT2D eigenvalue weighted by Gasteiger charge is -1.98. The van der Waals surface area contributed by atoms with Gasteiger partial charge >= 0.3 is 6.17 Å². The minimum atomic E-state index is -1.85. The fraction of sp³-hybridized carbons (Fsp3) is 0.800. The van der Waals surface area contributed by atoms with Crippen LogP contribution in [0.4, 0.5) is 0 Å². The first kappa shape index (κ1) is 10.5. The van der Waals surface area contributed by atoms with Crippen molar-refractivity contribution >= 4 is 5.78 Å². The van der Waals surface area contributed by atoms with E-state index in [9.17, 15) is 25.0 Å². The molecule has 0 aliphatic heterocycles. The fourth-order valence-electron chi connectivity index (χ4n) is 0.620. The Bertz CT molecular complexity index is 200. The molecule has 7 heteroatoms. The van der Waals surface area contributed by atoms with Crippen LogP contribution < -0.4 is 0 Å². The lowest BCUT2D eigenvalue weighted by molar-refractivity contribution is -0.742. The van der Waals surface area contributed by atoms with Crippen molar-refractivity contribution in [1.82, 2.24) is 0 Å². The smallest absolute Gasteiger partial charge is 0.300 e. The SMILES string of the molecule is CC(=O)CCC([N+](=O)[O-])[N+](=O)[O-]. The second kappa shape index (κ2) is 4.37. The van der Waals surface area contributed by atoms with Gasteiger partial charge in [-0.2, -0.15) is 0 Å². The van der Waals surface area contributed by atoms with E-state index in [4.69, 9.17) is 0 Å². The molecule has 0 saturated heterocycles. The normalized spacial score (nSPS) is 9.83. The van der Waals surface area contributed by atoms with Crippen LogP contribution in [0.2, 0.25) is 0 Å². The van der Waals surface area contributed by atoms with Crippen LogP contribution in [0.5, 0.6) is 0 Å². The van der Waals surface area contributed by atoms with Crippen molar-refractivity contribution in [2.45, 2.75) is 25.9 Å². The van der Waals surface area contributed by atoms with Gasteiger partial charge in [-0.15, -0.1) is 0 Å². The highest BCUT2D eigenvalue weighted by molar-refractivity contribution is 5.75. The molecule has 0 aromatic carbocycles. The maximum Gasteiger partial charge on any atom is 0.451 e. The number of nitrogens with zero attached hydrogens (tertiary/aromatic N) is 2. The predicted octanol–water partition coefficient (Wildman–Crippen LogP) is 0.235. The van der Waals surface area contributed by atoms with Crippen LogP contribution in [0.25, 0.3) is 0 Å². The van der Waals surface area contributed by atoms with Crippen LogP contribution in [0.15, 0.2) is 0 Å². The highest BCUT2D eigenvalue weighted by atomic mass is 16.7. The van der Waals surface area contributed by atoms with Crippen molar-refractivity contribution in [3.05, 3.63) is 20.2 Å². The van der Waals surface area contributed by atoms with Gasteiger partial charge in [0.2, 0.25) is 0 Å². The summed E-state index contributed by atoms with van der Waals surface area (Å²) in [5.41, 5.74) is 0. The molecular formula is C5H8N2O5. The molecule has 0 bridgehead atoms. The van der Waals surface area contributed by atoms with Gasteiger partial charge in [0, 0.05) is 6.42 Å². The summed E-state index contributed by atoms with van der Waals surface area (Å²) in [6.45, 7) is 1.23. The van der Waals surface area contributed by atoms with E-state index in [0.717, 1.165) is 0 Å². The number of Topliss-reactive ketones (excluding diaryl/α,β-unsaturated/α-hetero) is 1. The number of nitro groups is 2. The summed E-state index contributed by atoms with van der Waals surface area (Å²) >= 11 is 0. The Balaban J connectivity index is 4.06. The summed E-state index contributed by atoms with van der Waals surface area (Å²) < 4.78 is 0. The van der Waals surface area contributed by atoms with E-state index < -0.39 is 16.0 Å². The summed E-state index contributed by atoms with van der Waals surface area (Å²) in [6.07, 6.45) is -2.32. The minimum Gasteiger partial charge on any atom is -0.300 e. The van der Waals surface area contributed by atoms with Gasteiger partial charge in [-0.25, -0.2) is 0 Å². The van der Waals surface area contributed by atoms with Crippen LogP contribution in [0, 0.1) is 20.2 Å². The molecule has 0 rings (SSSR count). The first-order valence-electron chi connectivity index (χ1n) is 3.21. The number of rotatable bonds is 5. The molecule has 7 nitrogen and oxygen atoms in total. The Labute approximate surface area is 67.7 Å². The number of carbonyl (C=O) groups is 1. The van der Waals surface area contributed by atoms with Crippen molar-refractivity contribution in [2.24, 2.45) is 0 Å². The van der Waals surface area contributed by atoms with E-state index in [1.807, 2.05) is 0 Å². The Morgan fingerprint density at radius 3 is 2.00 bits per heavy atom. The Morgan fingerprint density at radius 1 is 1.33 bits per heavy atom. The molecule has 0 aromatic heterocycles. The second-order valence-electron chi connectivity index (χ2n) is 2.29. The molecule has 0 N–H and O–H groups in total. The molecule has 0 radical (unpaired) electrons. The third-order valence-corrected chi connectivity index (χ3v) is 1.24. The first-order valence-corrected chi connectivity index (χ1v) is 3.21. The van der Waals surface area contributed by atoms with Gasteiger partial charge < -0.3 is 4.79 Å². The van der Waals surface area contributed by atoms with Crippen molar-refractivity contribution in [3.8, 4) is 0 Å². The Kier molecular flexibility index (Phi) is 3.81. The average molecular weight is 176 g/mol. The predicted molar refractivity (Wildman–Crippen MR) is 37.7 cm³/mol. The van der Waals surface area contributed by atoms with Crippen molar-refractivity contribution < 1.29 is 14.6 Å². The monoisotopic (exact) mass is 176 g/mol. The molecule has 0 spiro atoms. The molecular weight excluding hydrogens is 168 g/mol. The van der Waals surface area contributed by atoms with Crippen LogP contribution >= 0.6 is 0 Å². The van der Waals surface area contributed by atoms with Gasteiger partial charge in [0.1, 0.15) is 5.78 Å². The van der Waals surface area contributed by atoms with E-state index in [-0.39, 0.29) is 18.6 Å². The number of ketones is 1. The Hall–Kier alpha value is -1.53. The Morgan fingerprint density at radius 2 is 1.75 bits per heavy atom. The molecule has 0 aliphatic carbocycles. The number of hydrogen-bond donors (Lipinski definition) is 0. The zero-order chi connectivity index (χ0) is 9.72. The average Bonchev–Trinajstić information content (AvgIpc) is 1.84. The number of hydrogen-bond acceptors (Lipinski definition) is 5. The molecule has 0 saturated carbocycles. The van der Waals surface area contributed by atoms with Crippen LogP contribution in [-0.4, -0.2) is 21.8 Å². The first-order chi connectivity index (χ1) is 5.45. The lowest BCUT2D eigenvalue weighted by Crippen LogP contribution is -2.29. The molecule has 0 fully saturated rings. The van der Waals surface area contributed by atoms with Crippen molar-refractivity contribution in [2.75, 3.05) is 0 Å². The topological polar surface area (TPSA) is 103 Å². The van der Waals surface area contributed by atoms with E-state index in [2.05, 4.69) is 0 Å². The highest BCUT2D eigenvalue weighted by Crippen LogP contribution is 2.02. The van der Waals surface area contributed by atoms with Gasteiger partial charge in [-0.05, 0) is 6.92 Å². The van der Waals surface area contributed by atoms with Crippen LogP contribution in [0.1, 0.15) is 19.8 Å². The third-order valence-electron chi connectivity index (χ3n) is 1.24. The highest BCUT2D eigenvalue weighted by Gasteiger charge is 2.31. The summed E-state index contributed by atoms with van der Waals surface area (Å²) in [5, 5.41) is 20.0. The maximum atomic E-state index is 10.3. The van der Waals surface area contributed by atoms with E-state index >= 15 is 0 Å². The molecule has 0 heterocycles. The van der Waals surface area contributed by atoms with E-state index in [1.54, 1.807) is 0 Å². The second-order valence-corrected chi connectivity index (χ2v) is 2.29. The standard InChI is InChI=1S/C5H8N2O5/c1-4(8)2-3-5(6(9)10)7(11)12/h5H,2-3H2,1H3. The molecule has 0 aliphatic rings. The molecule has 0 atom stereocenters. The lowest BCUT2D eigenvalue weighted by atomic mass is 10.2. The van der Waals surface area contributed by atoms with Gasteiger partial charge in [-0.3, -0.25) is 20.2 Å². The van der Waals surface area contributed by atoms with Crippen LogP contribution in [0.3, 0.4) is 0 Å². The van der Waals surface area contributed by atoms with Gasteiger partial charge in [0.25, 0.3) is 0 Å². The quantitative estimate of drug-likeness (QED) is 0.339. The molecule has 68 valence electrons. The maximum absolute atomic E-state index is 10.3. The van der Waals surface area contributed by atoms with Crippen molar-refractivity contribution in [3.63, 3.8) is 0 Å². The van der Waals surface area contributed by atoms with Gasteiger partial charge in [0.05, 0.1) is 16.3 Å². The number of carbonyl (C=O) groups excluding carboxylic acids is 1. The minimum absolute atomic E-state index is 0.132. The van der Waals surface area contributed by atoms with E-state index in [1.165, 1.54) is 6.92 Å². The third kappa shape index (κ3) is 3.59. The molecule has 0 aromatic rings. The van der Waals surface area contributed by atoms with Crippen molar-refractivity contribution in [1.29, 1.82) is 0 Å².